The van der Waals surface area contributed by atoms with Crippen LogP contribution in [0.5, 0.6) is 5.75 Å². The lowest BCUT2D eigenvalue weighted by Gasteiger charge is -2.09. The molecule has 2 rings (SSSR count). The quantitative estimate of drug-likeness (QED) is 0.940. The summed E-state index contributed by atoms with van der Waals surface area (Å²) in [4.78, 5) is 16.0. The molecule has 1 amide bonds. The molecule has 0 bridgehead atoms. The molecule has 6 heteroatoms. The summed E-state index contributed by atoms with van der Waals surface area (Å²) in [6, 6.07) is 8.20. The number of methoxy groups -OCH3 is 1. The van der Waals surface area contributed by atoms with Gasteiger partial charge in [-0.25, -0.2) is 4.98 Å². The van der Waals surface area contributed by atoms with Gasteiger partial charge in [0.2, 0.25) is 0 Å². The average molecular weight is 297 g/mol. The zero-order valence-electron chi connectivity index (χ0n) is 9.98. The molecule has 0 saturated heterocycles. The van der Waals surface area contributed by atoms with Gasteiger partial charge in [0.25, 0.3) is 5.91 Å². The standard InChI is InChI=1S/C13H10Cl2N2O2/c1-19-12-9(14)6-8(7-10(12)15)13(18)17-11-4-2-3-5-16-11/h2-7H,1H3,(H,16,17,18). The van der Waals surface area contributed by atoms with Gasteiger partial charge in [0.1, 0.15) is 5.82 Å². The number of benzene rings is 1. The van der Waals surface area contributed by atoms with E-state index >= 15 is 0 Å². The number of pyridine rings is 1. The van der Waals surface area contributed by atoms with E-state index in [2.05, 4.69) is 10.3 Å². The van der Waals surface area contributed by atoms with E-state index in [0.29, 0.717) is 17.1 Å². The molecule has 1 N–H and O–H groups in total. The molecule has 1 aromatic carbocycles. The summed E-state index contributed by atoms with van der Waals surface area (Å²) in [7, 11) is 1.46. The second-order valence-corrected chi connectivity index (χ2v) is 4.46. The van der Waals surface area contributed by atoms with Crippen molar-refractivity contribution in [3.8, 4) is 5.75 Å². The number of hydrogen-bond acceptors (Lipinski definition) is 3. The van der Waals surface area contributed by atoms with Crippen LogP contribution in [0.1, 0.15) is 10.4 Å². The number of nitrogens with zero attached hydrogens (tertiary/aromatic N) is 1. The second kappa shape index (κ2) is 5.91. The van der Waals surface area contributed by atoms with E-state index in [1.165, 1.54) is 19.2 Å². The van der Waals surface area contributed by atoms with Crippen molar-refractivity contribution in [1.29, 1.82) is 0 Å². The zero-order valence-corrected chi connectivity index (χ0v) is 11.5. The molecule has 19 heavy (non-hydrogen) atoms. The number of hydrogen-bond donors (Lipinski definition) is 1. The van der Waals surface area contributed by atoms with Gasteiger partial charge in [0, 0.05) is 11.8 Å². The molecule has 2 aromatic rings. The molecule has 0 aliphatic carbocycles. The Balaban J connectivity index is 2.25. The molecule has 0 radical (unpaired) electrons. The number of ether oxygens (including phenoxy) is 1. The van der Waals surface area contributed by atoms with Crippen molar-refractivity contribution >= 4 is 34.9 Å². The first-order valence-corrected chi connectivity index (χ1v) is 6.13. The van der Waals surface area contributed by atoms with Crippen molar-refractivity contribution in [1.82, 2.24) is 4.98 Å². The molecule has 98 valence electrons. The van der Waals surface area contributed by atoms with E-state index in [0.717, 1.165) is 0 Å². The third-order valence-corrected chi connectivity index (χ3v) is 2.93. The van der Waals surface area contributed by atoms with Crippen LogP contribution in [-0.4, -0.2) is 18.0 Å². The first-order chi connectivity index (χ1) is 9.11. The van der Waals surface area contributed by atoms with Gasteiger partial charge in [-0.1, -0.05) is 29.3 Å². The third-order valence-electron chi connectivity index (χ3n) is 2.37. The number of carbonyl (C=O) groups excluding carboxylic acids is 1. The van der Waals surface area contributed by atoms with Crippen molar-refractivity contribution in [3.05, 3.63) is 52.1 Å². The highest BCUT2D eigenvalue weighted by Gasteiger charge is 2.13. The number of anilines is 1. The highest BCUT2D eigenvalue weighted by molar-refractivity contribution is 6.37. The molecule has 0 atom stereocenters. The van der Waals surface area contributed by atoms with Crippen molar-refractivity contribution in [2.24, 2.45) is 0 Å². The maximum absolute atomic E-state index is 12.0. The Morgan fingerprint density at radius 2 is 1.95 bits per heavy atom. The monoisotopic (exact) mass is 296 g/mol. The summed E-state index contributed by atoms with van der Waals surface area (Å²) in [5.74, 6) is 0.457. The summed E-state index contributed by atoms with van der Waals surface area (Å²) in [6.45, 7) is 0. The molecular formula is C13H10Cl2N2O2. The van der Waals surface area contributed by atoms with Crippen LogP contribution in [0.2, 0.25) is 10.0 Å². The van der Waals surface area contributed by atoms with Crippen molar-refractivity contribution in [3.63, 3.8) is 0 Å². The smallest absolute Gasteiger partial charge is 0.256 e. The van der Waals surface area contributed by atoms with Crippen molar-refractivity contribution in [2.75, 3.05) is 12.4 Å². The van der Waals surface area contributed by atoms with Gasteiger partial charge in [-0.2, -0.15) is 0 Å². The normalized spacial score (nSPS) is 10.1. The minimum atomic E-state index is -0.342. The highest BCUT2D eigenvalue weighted by Crippen LogP contribution is 2.33. The molecule has 0 saturated carbocycles. The Morgan fingerprint density at radius 1 is 1.26 bits per heavy atom. The first-order valence-electron chi connectivity index (χ1n) is 5.37. The molecule has 0 spiro atoms. The zero-order chi connectivity index (χ0) is 13.8. The van der Waals surface area contributed by atoms with Crippen molar-refractivity contribution in [2.45, 2.75) is 0 Å². The molecule has 0 fully saturated rings. The number of nitrogens with one attached hydrogen (secondary N) is 1. The van der Waals surface area contributed by atoms with Gasteiger partial charge in [-0.15, -0.1) is 0 Å². The summed E-state index contributed by atoms with van der Waals surface area (Å²) in [5, 5.41) is 3.20. The fourth-order valence-corrected chi connectivity index (χ4v) is 2.15. The van der Waals surface area contributed by atoms with Crippen LogP contribution in [0.3, 0.4) is 0 Å². The predicted octanol–water partition coefficient (Wildman–Crippen LogP) is 3.65. The lowest BCUT2D eigenvalue weighted by molar-refractivity contribution is 0.102. The SMILES string of the molecule is COc1c(Cl)cc(C(=O)Nc2ccccn2)cc1Cl. The first kappa shape index (κ1) is 13.6. The van der Waals surface area contributed by atoms with Crippen LogP contribution < -0.4 is 10.1 Å². The van der Waals surface area contributed by atoms with E-state index < -0.39 is 0 Å². The van der Waals surface area contributed by atoms with Gasteiger partial charge in [0.15, 0.2) is 5.75 Å². The number of amides is 1. The van der Waals surface area contributed by atoms with E-state index in [1.54, 1.807) is 24.4 Å². The Kier molecular flexibility index (Phi) is 4.24. The number of aromatic nitrogens is 1. The predicted molar refractivity (Wildman–Crippen MR) is 75.2 cm³/mol. The minimum absolute atomic E-state index is 0.279. The Labute approximate surface area is 120 Å². The average Bonchev–Trinajstić information content (AvgIpc) is 2.39. The lowest BCUT2D eigenvalue weighted by Crippen LogP contribution is -2.13. The van der Waals surface area contributed by atoms with Gasteiger partial charge in [-0.05, 0) is 24.3 Å². The molecule has 4 nitrogen and oxygen atoms in total. The van der Waals surface area contributed by atoms with E-state index in [1.807, 2.05) is 0 Å². The minimum Gasteiger partial charge on any atom is -0.494 e. The van der Waals surface area contributed by atoms with E-state index in [-0.39, 0.29) is 16.0 Å². The molecule has 0 aliphatic rings. The maximum Gasteiger partial charge on any atom is 0.256 e. The number of carbonyl (C=O) groups is 1. The number of halogens is 2. The second-order valence-electron chi connectivity index (χ2n) is 3.64. The van der Waals surface area contributed by atoms with Crippen LogP contribution >= 0.6 is 23.2 Å². The Bertz CT molecular complexity index is 580. The highest BCUT2D eigenvalue weighted by atomic mass is 35.5. The van der Waals surface area contributed by atoms with E-state index in [4.69, 9.17) is 27.9 Å². The lowest BCUT2D eigenvalue weighted by atomic mass is 10.2. The third kappa shape index (κ3) is 3.16. The summed E-state index contributed by atoms with van der Waals surface area (Å²) in [6.07, 6.45) is 1.59. The van der Waals surface area contributed by atoms with Crippen LogP contribution in [-0.2, 0) is 0 Å². The summed E-state index contributed by atoms with van der Waals surface area (Å²) >= 11 is 12.0. The number of rotatable bonds is 3. The van der Waals surface area contributed by atoms with Crippen LogP contribution in [0.15, 0.2) is 36.5 Å². The van der Waals surface area contributed by atoms with Gasteiger partial charge in [-0.3, -0.25) is 4.79 Å². The summed E-state index contributed by atoms with van der Waals surface area (Å²) < 4.78 is 5.02. The van der Waals surface area contributed by atoms with E-state index in [9.17, 15) is 4.79 Å². The topological polar surface area (TPSA) is 51.2 Å². The van der Waals surface area contributed by atoms with Crippen molar-refractivity contribution < 1.29 is 9.53 Å². The van der Waals surface area contributed by atoms with Crippen LogP contribution in [0.25, 0.3) is 0 Å². The van der Waals surface area contributed by atoms with Gasteiger partial charge in [0.05, 0.1) is 17.2 Å². The fraction of sp³-hybridized carbons (Fsp3) is 0.0769. The molecular weight excluding hydrogens is 287 g/mol. The Morgan fingerprint density at radius 3 is 2.47 bits per heavy atom. The Hall–Kier alpha value is -1.78. The van der Waals surface area contributed by atoms with Gasteiger partial charge < -0.3 is 10.1 Å². The van der Waals surface area contributed by atoms with Crippen LogP contribution in [0, 0.1) is 0 Å². The van der Waals surface area contributed by atoms with Crippen LogP contribution in [0.4, 0.5) is 5.82 Å². The van der Waals surface area contributed by atoms with Gasteiger partial charge >= 0.3 is 0 Å². The maximum atomic E-state index is 12.0. The molecule has 1 heterocycles. The fourth-order valence-electron chi connectivity index (χ4n) is 1.51. The largest absolute Gasteiger partial charge is 0.494 e. The molecule has 0 aliphatic heterocycles. The summed E-state index contributed by atoms with van der Waals surface area (Å²) in [5.41, 5.74) is 0.335. The molecule has 0 unspecified atom stereocenters. The molecule has 1 aromatic heterocycles.